The number of carbonyl (C=O) groups excluding carboxylic acids is 1. The van der Waals surface area contributed by atoms with Crippen LogP contribution in [0.2, 0.25) is 0 Å². The highest BCUT2D eigenvalue weighted by atomic mass is 79.9. The molecule has 0 spiro atoms. The van der Waals surface area contributed by atoms with E-state index in [9.17, 15) is 4.79 Å². The highest BCUT2D eigenvalue weighted by molar-refractivity contribution is 9.10. The van der Waals surface area contributed by atoms with Crippen molar-refractivity contribution in [3.05, 3.63) is 28.7 Å². The average Bonchev–Trinajstić information content (AvgIpc) is 2.76. The number of rotatable bonds is 4. The van der Waals surface area contributed by atoms with Crippen molar-refractivity contribution < 1.29 is 4.79 Å². The van der Waals surface area contributed by atoms with Gasteiger partial charge in [-0.25, -0.2) is 0 Å². The molecule has 3 N–H and O–H groups in total. The van der Waals surface area contributed by atoms with E-state index in [2.05, 4.69) is 31.4 Å². The predicted molar refractivity (Wildman–Crippen MR) is 77.8 cm³/mol. The molecule has 2 rings (SSSR count). The Morgan fingerprint density at radius 1 is 1.39 bits per heavy atom. The Morgan fingerprint density at radius 3 is 2.72 bits per heavy atom. The fourth-order valence-corrected chi connectivity index (χ4v) is 2.84. The van der Waals surface area contributed by atoms with E-state index in [1.165, 1.54) is 23.1 Å². The van der Waals surface area contributed by atoms with Gasteiger partial charge in [0.05, 0.1) is 5.75 Å². The molecule has 1 aromatic heterocycles. The van der Waals surface area contributed by atoms with E-state index in [1.54, 1.807) is 0 Å². The van der Waals surface area contributed by atoms with Gasteiger partial charge in [-0.15, -0.1) is 10.2 Å². The van der Waals surface area contributed by atoms with Gasteiger partial charge in [0.15, 0.2) is 4.34 Å². The van der Waals surface area contributed by atoms with Gasteiger partial charge in [-0.2, -0.15) is 0 Å². The predicted octanol–water partition coefficient (Wildman–Crippen LogP) is 2.61. The molecule has 1 heterocycles. The van der Waals surface area contributed by atoms with Gasteiger partial charge in [-0.3, -0.25) is 4.79 Å². The summed E-state index contributed by atoms with van der Waals surface area (Å²) in [4.78, 5) is 11.7. The standard InChI is InChI=1S/C10H9BrN4OS2/c11-6-1-3-7(4-2-6)13-8(16)5-17-10-15-14-9(12)18-10/h1-4H,5H2,(H2,12,14)(H,13,16). The molecule has 5 nitrogen and oxygen atoms in total. The summed E-state index contributed by atoms with van der Waals surface area (Å²) in [5.41, 5.74) is 6.21. The molecule has 0 unspecified atom stereocenters. The van der Waals surface area contributed by atoms with Crippen molar-refractivity contribution in [3.8, 4) is 0 Å². The third-order valence-corrected chi connectivity index (χ3v) is 4.29. The van der Waals surface area contributed by atoms with E-state index < -0.39 is 0 Å². The number of amides is 1. The van der Waals surface area contributed by atoms with E-state index in [0.717, 1.165) is 10.2 Å². The van der Waals surface area contributed by atoms with Crippen molar-refractivity contribution in [1.82, 2.24) is 10.2 Å². The van der Waals surface area contributed by atoms with Crippen LogP contribution in [-0.4, -0.2) is 21.9 Å². The zero-order chi connectivity index (χ0) is 13.0. The second kappa shape index (κ2) is 6.17. The lowest BCUT2D eigenvalue weighted by Gasteiger charge is -2.03. The SMILES string of the molecule is Nc1nnc(SCC(=O)Nc2ccc(Br)cc2)s1. The molecule has 0 aliphatic heterocycles. The first-order valence-electron chi connectivity index (χ1n) is 4.90. The summed E-state index contributed by atoms with van der Waals surface area (Å²) >= 11 is 5.92. The summed E-state index contributed by atoms with van der Waals surface area (Å²) in [5, 5.41) is 10.7. The first-order valence-corrected chi connectivity index (χ1v) is 7.50. The summed E-state index contributed by atoms with van der Waals surface area (Å²) < 4.78 is 1.66. The molecule has 18 heavy (non-hydrogen) atoms. The summed E-state index contributed by atoms with van der Waals surface area (Å²) in [6, 6.07) is 7.40. The maximum absolute atomic E-state index is 11.7. The summed E-state index contributed by atoms with van der Waals surface area (Å²) in [7, 11) is 0. The number of nitrogens with zero attached hydrogens (tertiary/aromatic N) is 2. The largest absolute Gasteiger partial charge is 0.374 e. The molecule has 0 bridgehead atoms. The molecule has 0 saturated carbocycles. The number of aromatic nitrogens is 2. The molecule has 0 radical (unpaired) electrons. The topological polar surface area (TPSA) is 80.9 Å². The minimum Gasteiger partial charge on any atom is -0.374 e. The third-order valence-electron chi connectivity index (χ3n) is 1.88. The Labute approximate surface area is 120 Å². The quantitative estimate of drug-likeness (QED) is 0.833. The molecule has 2 aromatic rings. The van der Waals surface area contributed by atoms with Crippen LogP contribution in [-0.2, 0) is 4.79 Å². The van der Waals surface area contributed by atoms with Gasteiger partial charge in [0.25, 0.3) is 0 Å². The molecule has 0 atom stereocenters. The molecule has 0 fully saturated rings. The number of nitrogen functional groups attached to an aromatic ring is 1. The number of hydrogen-bond donors (Lipinski definition) is 2. The van der Waals surface area contributed by atoms with Gasteiger partial charge in [0, 0.05) is 10.2 Å². The number of carbonyl (C=O) groups is 1. The molecule has 0 saturated heterocycles. The summed E-state index contributed by atoms with van der Waals surface area (Å²) in [6.45, 7) is 0. The first-order chi connectivity index (χ1) is 8.63. The van der Waals surface area contributed by atoms with E-state index in [0.29, 0.717) is 9.47 Å². The normalized spacial score (nSPS) is 10.3. The lowest BCUT2D eigenvalue weighted by Crippen LogP contribution is -2.13. The fraction of sp³-hybridized carbons (Fsp3) is 0.100. The van der Waals surface area contributed by atoms with Gasteiger partial charge in [0.2, 0.25) is 11.0 Å². The lowest BCUT2D eigenvalue weighted by molar-refractivity contribution is -0.113. The highest BCUT2D eigenvalue weighted by Gasteiger charge is 2.07. The maximum atomic E-state index is 11.7. The smallest absolute Gasteiger partial charge is 0.234 e. The zero-order valence-electron chi connectivity index (χ0n) is 9.09. The number of hydrogen-bond acceptors (Lipinski definition) is 6. The molecular weight excluding hydrogens is 336 g/mol. The van der Waals surface area contributed by atoms with E-state index in [-0.39, 0.29) is 11.7 Å². The molecule has 8 heteroatoms. The summed E-state index contributed by atoms with van der Waals surface area (Å²) in [5.74, 6) is 0.195. The van der Waals surface area contributed by atoms with Crippen molar-refractivity contribution in [2.24, 2.45) is 0 Å². The van der Waals surface area contributed by atoms with Gasteiger partial charge in [-0.05, 0) is 24.3 Å². The molecule has 1 amide bonds. The third kappa shape index (κ3) is 3.97. The van der Waals surface area contributed by atoms with Crippen molar-refractivity contribution in [1.29, 1.82) is 0 Å². The second-order valence-corrected chi connectivity index (χ2v) is 6.40. The van der Waals surface area contributed by atoms with Crippen LogP contribution in [0.4, 0.5) is 10.8 Å². The van der Waals surface area contributed by atoms with Crippen molar-refractivity contribution in [3.63, 3.8) is 0 Å². The van der Waals surface area contributed by atoms with Crippen molar-refractivity contribution >= 4 is 55.8 Å². The van der Waals surface area contributed by atoms with E-state index >= 15 is 0 Å². The number of nitrogens with one attached hydrogen (secondary N) is 1. The van der Waals surface area contributed by atoms with Crippen molar-refractivity contribution in [2.45, 2.75) is 4.34 Å². The fourth-order valence-electron chi connectivity index (χ4n) is 1.14. The van der Waals surface area contributed by atoms with Crippen LogP contribution in [0, 0.1) is 0 Å². The second-order valence-electron chi connectivity index (χ2n) is 3.25. The minimum atomic E-state index is -0.0870. The Balaban J connectivity index is 1.83. The molecule has 0 aliphatic rings. The number of anilines is 2. The molecule has 1 aromatic carbocycles. The van der Waals surface area contributed by atoms with Crippen LogP contribution in [0.1, 0.15) is 0 Å². The van der Waals surface area contributed by atoms with Crippen LogP contribution in [0.5, 0.6) is 0 Å². The number of halogens is 1. The van der Waals surface area contributed by atoms with Gasteiger partial charge >= 0.3 is 0 Å². The monoisotopic (exact) mass is 344 g/mol. The molecule has 94 valence electrons. The van der Waals surface area contributed by atoms with Crippen molar-refractivity contribution in [2.75, 3.05) is 16.8 Å². The van der Waals surface area contributed by atoms with Crippen LogP contribution >= 0.6 is 39.0 Å². The van der Waals surface area contributed by atoms with Gasteiger partial charge < -0.3 is 11.1 Å². The summed E-state index contributed by atoms with van der Waals surface area (Å²) in [6.07, 6.45) is 0. The average molecular weight is 345 g/mol. The Bertz CT molecular complexity index is 543. The van der Waals surface area contributed by atoms with Crippen LogP contribution in [0.25, 0.3) is 0 Å². The molecular formula is C10H9BrN4OS2. The Morgan fingerprint density at radius 2 is 2.11 bits per heavy atom. The zero-order valence-corrected chi connectivity index (χ0v) is 12.3. The van der Waals surface area contributed by atoms with Crippen LogP contribution in [0.3, 0.4) is 0 Å². The number of nitrogens with two attached hydrogens (primary N) is 1. The highest BCUT2D eigenvalue weighted by Crippen LogP contribution is 2.23. The van der Waals surface area contributed by atoms with Gasteiger partial charge in [0.1, 0.15) is 0 Å². The Hall–Kier alpha value is -1.12. The minimum absolute atomic E-state index is 0.0870. The van der Waals surface area contributed by atoms with Crippen LogP contribution < -0.4 is 11.1 Å². The number of benzene rings is 1. The van der Waals surface area contributed by atoms with Gasteiger partial charge in [-0.1, -0.05) is 39.0 Å². The lowest BCUT2D eigenvalue weighted by atomic mass is 10.3. The first kappa shape index (κ1) is 13.3. The maximum Gasteiger partial charge on any atom is 0.234 e. The molecule has 0 aliphatic carbocycles. The Kier molecular flexibility index (Phi) is 4.56. The van der Waals surface area contributed by atoms with E-state index in [4.69, 9.17) is 5.73 Å². The van der Waals surface area contributed by atoms with E-state index in [1.807, 2.05) is 24.3 Å². The van der Waals surface area contributed by atoms with Crippen LogP contribution in [0.15, 0.2) is 33.1 Å². The number of thioether (sulfide) groups is 1.